The summed E-state index contributed by atoms with van der Waals surface area (Å²) in [6, 6.07) is 0. The predicted molar refractivity (Wildman–Crippen MR) is 68.5 cm³/mol. The van der Waals surface area contributed by atoms with Gasteiger partial charge in [0.1, 0.15) is 11.5 Å². The van der Waals surface area contributed by atoms with E-state index in [4.69, 9.17) is 4.74 Å². The molecule has 1 amide bonds. The molecule has 0 aliphatic rings. The lowest BCUT2D eigenvalue weighted by Gasteiger charge is -2.04. The minimum atomic E-state index is -0.361. The minimum Gasteiger partial charge on any atom is -0.495 e. The zero-order valence-electron chi connectivity index (χ0n) is 10.2. The van der Waals surface area contributed by atoms with Gasteiger partial charge in [0.15, 0.2) is 0 Å². The number of hydrogen-bond donors (Lipinski definition) is 1. The van der Waals surface area contributed by atoms with E-state index in [9.17, 15) is 4.79 Å². The maximum absolute atomic E-state index is 11.7. The second-order valence-electron chi connectivity index (χ2n) is 3.30. The van der Waals surface area contributed by atoms with Crippen molar-refractivity contribution >= 4 is 5.91 Å². The molecule has 0 saturated carbocycles. The number of amides is 1. The number of rotatable bonds is 6. The molecule has 0 bridgehead atoms. The quantitative estimate of drug-likeness (QED) is 0.613. The first-order valence-electron chi connectivity index (χ1n) is 5.39. The van der Waals surface area contributed by atoms with Gasteiger partial charge in [-0.2, -0.15) is 0 Å². The third-order valence-electron chi connectivity index (χ3n) is 1.87. The number of ether oxygens (including phenoxy) is 1. The van der Waals surface area contributed by atoms with Crippen LogP contribution in [0.1, 0.15) is 17.4 Å². The first-order chi connectivity index (χ1) is 8.63. The van der Waals surface area contributed by atoms with Gasteiger partial charge in [0.2, 0.25) is 0 Å². The summed E-state index contributed by atoms with van der Waals surface area (Å²) < 4.78 is 5.12. The van der Waals surface area contributed by atoms with Crippen molar-refractivity contribution < 1.29 is 9.53 Å². The van der Waals surface area contributed by atoms with Crippen LogP contribution >= 0.6 is 0 Å². The van der Waals surface area contributed by atoms with E-state index in [2.05, 4.69) is 28.4 Å². The summed E-state index contributed by atoms with van der Waals surface area (Å²) in [5.41, 5.74) is 0.655. The second-order valence-corrected chi connectivity index (χ2v) is 3.30. The van der Waals surface area contributed by atoms with Crippen LogP contribution < -0.4 is 5.32 Å². The van der Waals surface area contributed by atoms with Gasteiger partial charge in [-0.1, -0.05) is 13.2 Å². The number of carbonyl (C=O) groups excluding carboxylic acids is 1. The third-order valence-corrected chi connectivity index (χ3v) is 1.87. The fourth-order valence-electron chi connectivity index (χ4n) is 1.09. The Bertz CT molecular complexity index is 466. The van der Waals surface area contributed by atoms with Crippen LogP contribution in [0, 0.1) is 0 Å². The molecule has 0 unspecified atom stereocenters. The normalized spacial score (nSPS) is 10.1. The first-order valence-corrected chi connectivity index (χ1v) is 5.39. The van der Waals surface area contributed by atoms with Crippen molar-refractivity contribution in [3.63, 3.8) is 0 Å². The number of allylic oxidation sites excluding steroid dienone is 2. The van der Waals surface area contributed by atoms with Crippen molar-refractivity contribution in [3.05, 3.63) is 61.1 Å². The lowest BCUT2D eigenvalue weighted by atomic mass is 10.3. The van der Waals surface area contributed by atoms with Gasteiger partial charge in [0.25, 0.3) is 5.91 Å². The molecule has 0 radical (unpaired) electrons. The Morgan fingerprint density at radius 2 is 2.22 bits per heavy atom. The molecule has 1 heterocycles. The summed E-state index contributed by atoms with van der Waals surface area (Å²) in [6.07, 6.45) is 7.56. The number of hydrogen-bond acceptors (Lipinski definition) is 4. The highest BCUT2D eigenvalue weighted by Crippen LogP contribution is 1.99. The smallest absolute Gasteiger partial charge is 0.275 e. The molecule has 5 nitrogen and oxygen atoms in total. The molecular formula is C13H15N3O2. The van der Waals surface area contributed by atoms with Gasteiger partial charge in [-0.3, -0.25) is 9.78 Å². The van der Waals surface area contributed by atoms with E-state index in [0.717, 1.165) is 0 Å². The number of nitrogens with zero attached hydrogens (tertiary/aromatic N) is 2. The molecule has 0 spiro atoms. The van der Waals surface area contributed by atoms with E-state index >= 15 is 0 Å². The topological polar surface area (TPSA) is 64.1 Å². The highest BCUT2D eigenvalue weighted by Gasteiger charge is 2.06. The van der Waals surface area contributed by atoms with Crippen molar-refractivity contribution in [1.29, 1.82) is 0 Å². The lowest BCUT2D eigenvalue weighted by Crippen LogP contribution is -2.22. The zero-order valence-corrected chi connectivity index (χ0v) is 10.2. The number of aromatic nitrogens is 2. The van der Waals surface area contributed by atoms with E-state index in [-0.39, 0.29) is 11.6 Å². The summed E-state index contributed by atoms with van der Waals surface area (Å²) >= 11 is 0. The molecule has 0 aliphatic carbocycles. The number of nitrogens with one attached hydrogen (secondary N) is 1. The standard InChI is InChI=1S/C13H15N3O2/c1-4-18-11(3)6-5-10(2)16-13(17)12-9-14-7-8-15-12/h5-9H,2-4H2,1H3,(H,16,17)/b6-5-. The van der Waals surface area contributed by atoms with Crippen LogP contribution in [-0.2, 0) is 4.74 Å². The molecule has 5 heteroatoms. The Morgan fingerprint density at radius 3 is 2.83 bits per heavy atom. The van der Waals surface area contributed by atoms with Gasteiger partial charge < -0.3 is 10.1 Å². The van der Waals surface area contributed by atoms with Gasteiger partial charge in [0, 0.05) is 18.1 Å². The van der Waals surface area contributed by atoms with Crippen LogP contribution in [0.4, 0.5) is 0 Å². The SMILES string of the molecule is C=C(/C=C\C(=C)OCC)NC(=O)c1cnccn1. The van der Waals surface area contributed by atoms with E-state index in [1.807, 2.05) is 6.92 Å². The molecule has 0 atom stereocenters. The summed E-state index contributed by atoms with van der Waals surface area (Å²) in [4.78, 5) is 19.3. The van der Waals surface area contributed by atoms with Gasteiger partial charge in [-0.25, -0.2) is 4.98 Å². The van der Waals surface area contributed by atoms with Gasteiger partial charge in [-0.05, 0) is 19.1 Å². The largest absolute Gasteiger partial charge is 0.495 e. The van der Waals surface area contributed by atoms with Crippen molar-refractivity contribution in [2.45, 2.75) is 6.92 Å². The third kappa shape index (κ3) is 4.61. The molecule has 94 valence electrons. The molecule has 1 aromatic heterocycles. The van der Waals surface area contributed by atoms with E-state index < -0.39 is 0 Å². The molecule has 1 rings (SSSR count). The zero-order chi connectivity index (χ0) is 13.4. The van der Waals surface area contributed by atoms with E-state index in [1.54, 1.807) is 12.2 Å². The Balaban J connectivity index is 2.51. The van der Waals surface area contributed by atoms with Gasteiger partial charge >= 0.3 is 0 Å². The Hall–Kier alpha value is -2.43. The average Bonchev–Trinajstić information content (AvgIpc) is 2.38. The van der Waals surface area contributed by atoms with Crippen molar-refractivity contribution in [2.75, 3.05) is 6.61 Å². The monoisotopic (exact) mass is 245 g/mol. The van der Waals surface area contributed by atoms with Gasteiger partial charge in [-0.15, -0.1) is 0 Å². The van der Waals surface area contributed by atoms with Crippen LogP contribution in [0.3, 0.4) is 0 Å². The molecular weight excluding hydrogens is 230 g/mol. The highest BCUT2D eigenvalue weighted by molar-refractivity contribution is 5.93. The van der Waals surface area contributed by atoms with Crippen molar-refractivity contribution in [2.24, 2.45) is 0 Å². The molecule has 1 aromatic rings. The first kappa shape index (κ1) is 13.6. The number of carbonyl (C=O) groups is 1. The summed E-state index contributed by atoms with van der Waals surface area (Å²) in [5.74, 6) is 0.146. The van der Waals surface area contributed by atoms with E-state index in [0.29, 0.717) is 18.1 Å². The maximum atomic E-state index is 11.7. The molecule has 0 fully saturated rings. The van der Waals surface area contributed by atoms with Gasteiger partial charge in [0.05, 0.1) is 12.8 Å². The van der Waals surface area contributed by atoms with Crippen LogP contribution in [-0.4, -0.2) is 22.5 Å². The fraction of sp³-hybridized carbons (Fsp3) is 0.154. The molecule has 0 aromatic carbocycles. The van der Waals surface area contributed by atoms with Crippen molar-refractivity contribution in [3.8, 4) is 0 Å². The fourth-order valence-corrected chi connectivity index (χ4v) is 1.09. The molecule has 1 N–H and O–H groups in total. The summed E-state index contributed by atoms with van der Waals surface area (Å²) in [7, 11) is 0. The van der Waals surface area contributed by atoms with E-state index in [1.165, 1.54) is 18.6 Å². The van der Waals surface area contributed by atoms with Crippen LogP contribution in [0.15, 0.2) is 55.4 Å². The Morgan fingerprint density at radius 1 is 1.44 bits per heavy atom. The lowest BCUT2D eigenvalue weighted by molar-refractivity contribution is 0.0962. The molecule has 18 heavy (non-hydrogen) atoms. The minimum absolute atomic E-state index is 0.232. The summed E-state index contributed by atoms with van der Waals surface area (Å²) in [6.45, 7) is 9.77. The Labute approximate surface area is 106 Å². The maximum Gasteiger partial charge on any atom is 0.275 e. The Kier molecular flexibility index (Phi) is 5.31. The molecule has 0 saturated heterocycles. The molecule has 0 aliphatic heterocycles. The van der Waals surface area contributed by atoms with Crippen LogP contribution in [0.25, 0.3) is 0 Å². The van der Waals surface area contributed by atoms with Crippen LogP contribution in [0.2, 0.25) is 0 Å². The highest BCUT2D eigenvalue weighted by atomic mass is 16.5. The summed E-state index contributed by atoms with van der Waals surface area (Å²) in [5, 5.41) is 2.57. The average molecular weight is 245 g/mol. The van der Waals surface area contributed by atoms with Crippen molar-refractivity contribution in [1.82, 2.24) is 15.3 Å². The second kappa shape index (κ2) is 7.01. The predicted octanol–water partition coefficient (Wildman–Crippen LogP) is 1.83. The van der Waals surface area contributed by atoms with Crippen LogP contribution in [0.5, 0.6) is 0 Å².